The van der Waals surface area contributed by atoms with Gasteiger partial charge in [-0.2, -0.15) is 0 Å². The lowest BCUT2D eigenvalue weighted by atomic mass is 9.93. The van der Waals surface area contributed by atoms with Gasteiger partial charge in [-0.15, -0.1) is 0 Å². The van der Waals surface area contributed by atoms with E-state index in [9.17, 15) is 30.0 Å². The number of nitrogens with one attached hydrogen (secondary N) is 1. The lowest BCUT2D eigenvalue weighted by Crippen LogP contribution is -2.55. The number of phenolic OH excluding ortho intramolecular Hbond substituents is 2. The minimum atomic E-state index is -1.13. The van der Waals surface area contributed by atoms with E-state index in [0.29, 0.717) is 43.6 Å². The van der Waals surface area contributed by atoms with Gasteiger partial charge in [-0.1, -0.05) is 0 Å². The van der Waals surface area contributed by atoms with Crippen LogP contribution in [0.15, 0.2) is 36.4 Å². The molecule has 3 aromatic carbocycles. The number of benzene rings is 3. The van der Waals surface area contributed by atoms with Crippen LogP contribution in [0.3, 0.4) is 0 Å². The van der Waals surface area contributed by atoms with E-state index in [-0.39, 0.29) is 22.6 Å². The molecule has 0 bridgehead atoms. The van der Waals surface area contributed by atoms with Gasteiger partial charge in [0.05, 0.1) is 34.3 Å². The monoisotopic (exact) mass is 515 g/mol. The van der Waals surface area contributed by atoms with Crippen LogP contribution in [-0.4, -0.2) is 73.4 Å². The molecule has 3 aliphatic rings. The molecule has 0 radical (unpaired) electrons. The second-order valence-corrected chi connectivity index (χ2v) is 10.1. The first-order chi connectivity index (χ1) is 18.3. The molecule has 38 heavy (non-hydrogen) atoms. The molecule has 0 aliphatic carbocycles. The molecule has 11 nitrogen and oxygen atoms in total. The first kappa shape index (κ1) is 21.9. The Morgan fingerprint density at radius 1 is 0.921 bits per heavy atom. The minimum Gasteiger partial charge on any atom is -0.508 e. The lowest BCUT2D eigenvalue weighted by molar-refractivity contribution is -0.231. The Labute approximate surface area is 213 Å². The zero-order chi connectivity index (χ0) is 26.2. The Morgan fingerprint density at radius 3 is 2.03 bits per heavy atom. The molecule has 0 spiro atoms. The van der Waals surface area contributed by atoms with E-state index in [1.165, 1.54) is 31.4 Å². The third kappa shape index (κ3) is 2.34. The first-order valence-corrected chi connectivity index (χ1v) is 12.2. The van der Waals surface area contributed by atoms with Crippen molar-refractivity contribution in [1.29, 1.82) is 0 Å². The molecule has 11 heteroatoms. The van der Waals surface area contributed by atoms with E-state index in [2.05, 4.69) is 5.32 Å². The molecule has 1 fully saturated rings. The number of phenols is 2. The van der Waals surface area contributed by atoms with E-state index < -0.39 is 49.0 Å². The summed E-state index contributed by atoms with van der Waals surface area (Å²) in [4.78, 5) is 26.5. The maximum Gasteiger partial charge on any atom is 0.259 e. The van der Waals surface area contributed by atoms with Gasteiger partial charge in [-0.05, 0) is 36.4 Å². The summed E-state index contributed by atoms with van der Waals surface area (Å²) < 4.78 is 15.7. The van der Waals surface area contributed by atoms with Crippen LogP contribution >= 0.6 is 0 Å². The summed E-state index contributed by atoms with van der Waals surface area (Å²) in [6.45, 7) is -0.397. The van der Waals surface area contributed by atoms with Crippen LogP contribution in [0.1, 0.15) is 33.0 Å². The molecule has 0 saturated carbocycles. The molecule has 2 amide bonds. The van der Waals surface area contributed by atoms with Crippen molar-refractivity contribution in [3.63, 3.8) is 0 Å². The topological polar surface area (TPSA) is 155 Å². The number of amides is 2. The number of aromatic nitrogens is 2. The highest BCUT2D eigenvalue weighted by Gasteiger charge is 2.51. The van der Waals surface area contributed by atoms with Crippen LogP contribution < -0.4 is 5.32 Å². The average molecular weight is 515 g/mol. The Hall–Kier alpha value is -4.16. The zero-order valence-electron chi connectivity index (χ0n) is 19.9. The molecule has 5 aromatic rings. The summed E-state index contributed by atoms with van der Waals surface area (Å²) in [5, 5.41) is 47.1. The molecule has 5 N–H and O–H groups in total. The standard InChI is InChI=1S/C27H21N3O8/c1-37-24-15(8-31)38-27-22(23(24)34)29-13-4-2-9(32)6-11(13)16-18-19(26(36)28-25(18)35)17-12-7-10(33)3-5-14(12)30(27)21(17)20(16)29/h2-7,15,22-24,27,31-34H,8H2,1H3,(H,28,35,36)/t15-,22+,23-,24-,27-/m1/s1. The smallest absolute Gasteiger partial charge is 0.259 e. The summed E-state index contributed by atoms with van der Waals surface area (Å²) in [5.74, 6) is -1.16. The molecule has 1 saturated heterocycles. The highest BCUT2D eigenvalue weighted by Crippen LogP contribution is 2.54. The van der Waals surface area contributed by atoms with E-state index in [1.807, 2.05) is 9.13 Å². The fraction of sp³-hybridized carbons (Fsp3) is 0.259. The van der Waals surface area contributed by atoms with Gasteiger partial charge >= 0.3 is 0 Å². The van der Waals surface area contributed by atoms with E-state index >= 15 is 0 Å². The number of ether oxygens (including phenoxy) is 2. The van der Waals surface area contributed by atoms with Gasteiger partial charge < -0.3 is 39.0 Å². The molecule has 192 valence electrons. The van der Waals surface area contributed by atoms with Crippen molar-refractivity contribution in [2.75, 3.05) is 13.7 Å². The number of aliphatic hydroxyl groups excluding tert-OH is 2. The van der Waals surface area contributed by atoms with Crippen LogP contribution in [0, 0.1) is 0 Å². The quantitative estimate of drug-likeness (QED) is 0.224. The maximum atomic E-state index is 13.2. The van der Waals surface area contributed by atoms with Gasteiger partial charge in [0, 0.05) is 34.2 Å². The van der Waals surface area contributed by atoms with Crippen molar-refractivity contribution >= 4 is 55.4 Å². The molecule has 5 heterocycles. The lowest BCUT2D eigenvalue weighted by Gasteiger charge is -2.47. The number of aromatic hydroxyl groups is 2. The number of nitrogens with zero attached hydrogens (tertiary/aromatic N) is 2. The fourth-order valence-corrected chi connectivity index (χ4v) is 6.93. The van der Waals surface area contributed by atoms with Crippen molar-refractivity contribution in [2.24, 2.45) is 0 Å². The Bertz CT molecular complexity index is 1920. The largest absolute Gasteiger partial charge is 0.508 e. The molecule has 8 rings (SSSR count). The third-order valence-electron chi connectivity index (χ3n) is 8.29. The predicted octanol–water partition coefficient (Wildman–Crippen LogP) is 2.02. The minimum absolute atomic E-state index is 0.0197. The number of carbonyl (C=O) groups is 2. The van der Waals surface area contributed by atoms with Crippen molar-refractivity contribution in [3.8, 4) is 11.5 Å². The predicted molar refractivity (Wildman–Crippen MR) is 134 cm³/mol. The first-order valence-electron chi connectivity index (χ1n) is 12.2. The molecular formula is C27H21N3O8. The van der Waals surface area contributed by atoms with Crippen LogP contribution in [0.2, 0.25) is 0 Å². The summed E-state index contributed by atoms with van der Waals surface area (Å²) in [6.07, 6.45) is -3.67. The number of hydrogen-bond acceptors (Lipinski definition) is 8. The normalized spacial score (nSPS) is 26.1. The van der Waals surface area contributed by atoms with Crippen LogP contribution in [0.5, 0.6) is 11.5 Å². The second-order valence-electron chi connectivity index (χ2n) is 10.1. The second kappa shape index (κ2) is 7.03. The molecule has 3 aliphatic heterocycles. The van der Waals surface area contributed by atoms with Gasteiger partial charge in [0.1, 0.15) is 35.9 Å². The van der Waals surface area contributed by atoms with Crippen LogP contribution in [0.25, 0.3) is 43.6 Å². The number of rotatable bonds is 2. The van der Waals surface area contributed by atoms with E-state index in [4.69, 9.17) is 9.47 Å². The Morgan fingerprint density at radius 2 is 1.47 bits per heavy atom. The number of imide groups is 1. The number of hydrogen-bond donors (Lipinski definition) is 5. The van der Waals surface area contributed by atoms with Gasteiger partial charge in [-0.3, -0.25) is 14.9 Å². The van der Waals surface area contributed by atoms with Gasteiger partial charge in [0.2, 0.25) is 0 Å². The summed E-state index contributed by atoms with van der Waals surface area (Å²) in [7, 11) is 1.44. The highest BCUT2D eigenvalue weighted by molar-refractivity contribution is 6.39. The SMILES string of the molecule is CO[C@H]1[C@H](O)[C@H]2[C@@H](O[C@@H]1CO)n1c3ccc(O)cc3c3c4c(c5c6cc(O)ccc6n2c5c31)C(=O)NC4=O. The zero-order valence-corrected chi connectivity index (χ0v) is 19.9. The van der Waals surface area contributed by atoms with E-state index in [1.54, 1.807) is 12.1 Å². The molecule has 0 unspecified atom stereocenters. The highest BCUT2D eigenvalue weighted by atomic mass is 16.6. The van der Waals surface area contributed by atoms with Crippen molar-refractivity contribution < 1.29 is 39.5 Å². The Kier molecular flexibility index (Phi) is 4.05. The molecule has 5 atom stereocenters. The number of carbonyl (C=O) groups excluding carboxylic acids is 2. The summed E-state index contributed by atoms with van der Waals surface area (Å²) >= 11 is 0. The van der Waals surface area contributed by atoms with Crippen molar-refractivity contribution in [1.82, 2.24) is 14.5 Å². The van der Waals surface area contributed by atoms with Crippen LogP contribution in [0.4, 0.5) is 0 Å². The third-order valence-corrected chi connectivity index (χ3v) is 8.29. The average Bonchev–Trinajstić information content (AvgIpc) is 3.50. The van der Waals surface area contributed by atoms with Gasteiger partial charge in [0.15, 0.2) is 6.23 Å². The summed E-state index contributed by atoms with van der Waals surface area (Å²) in [5.41, 5.74) is 2.76. The fourth-order valence-electron chi connectivity index (χ4n) is 6.93. The number of methoxy groups -OCH3 is 1. The number of fused-ring (bicyclic) bond motifs is 12. The Balaban J connectivity index is 1.68. The van der Waals surface area contributed by atoms with Crippen molar-refractivity contribution in [2.45, 2.75) is 30.6 Å². The number of aliphatic hydroxyl groups is 2. The maximum absolute atomic E-state index is 13.2. The summed E-state index contributed by atoms with van der Waals surface area (Å²) in [6, 6.07) is 8.75. The van der Waals surface area contributed by atoms with Crippen molar-refractivity contribution in [3.05, 3.63) is 47.5 Å². The van der Waals surface area contributed by atoms with Crippen LogP contribution in [-0.2, 0) is 9.47 Å². The van der Waals surface area contributed by atoms with E-state index in [0.717, 1.165) is 0 Å². The van der Waals surface area contributed by atoms with Gasteiger partial charge in [-0.25, -0.2) is 0 Å². The molecular weight excluding hydrogens is 494 g/mol. The van der Waals surface area contributed by atoms with Gasteiger partial charge in [0.25, 0.3) is 11.8 Å². The molecule has 2 aromatic heterocycles.